The molecule has 5 atom stereocenters. The molecule has 2 saturated heterocycles. The van der Waals surface area contributed by atoms with Crippen LogP contribution in [-0.4, -0.2) is 31.1 Å². The van der Waals surface area contributed by atoms with Gasteiger partial charge in [0.25, 0.3) is 0 Å². The third-order valence-corrected chi connectivity index (χ3v) is 3.67. The number of cyclic esters (lactones) is 1. The van der Waals surface area contributed by atoms with Gasteiger partial charge >= 0.3 is 5.97 Å². The first-order valence-electron chi connectivity index (χ1n) is 5.40. The maximum Gasteiger partial charge on any atom is 0.312 e. The smallest absolute Gasteiger partial charge is 0.312 e. The molecule has 2 aliphatic heterocycles. The first-order valence-corrected chi connectivity index (χ1v) is 5.40. The van der Waals surface area contributed by atoms with Crippen LogP contribution in [0, 0.1) is 11.8 Å². The van der Waals surface area contributed by atoms with Gasteiger partial charge in [0.05, 0.1) is 12.0 Å². The monoisotopic (exact) mass is 214 g/mol. The standard InChI is InChI=1S/C11H18O4/c1-6-7(2)14-10(12)8-5-11(3,13-4)15-9(6)8/h6-9H,5H2,1-4H3/t6-,7-,8+,9+,11+/m0/s1. The Labute approximate surface area is 89.9 Å². The van der Waals surface area contributed by atoms with Gasteiger partial charge in [-0.2, -0.15) is 0 Å². The molecule has 0 N–H and O–H groups in total. The highest BCUT2D eigenvalue weighted by Gasteiger charge is 2.53. The highest BCUT2D eigenvalue weighted by Crippen LogP contribution is 2.43. The van der Waals surface area contributed by atoms with Crippen molar-refractivity contribution in [2.45, 2.75) is 45.2 Å². The molecule has 0 saturated carbocycles. The number of ether oxygens (including phenoxy) is 3. The number of methoxy groups -OCH3 is 1. The van der Waals surface area contributed by atoms with Gasteiger partial charge in [-0.25, -0.2) is 0 Å². The van der Waals surface area contributed by atoms with Gasteiger partial charge < -0.3 is 14.2 Å². The summed E-state index contributed by atoms with van der Waals surface area (Å²) in [6.45, 7) is 5.83. The summed E-state index contributed by atoms with van der Waals surface area (Å²) in [6.07, 6.45) is 0.452. The van der Waals surface area contributed by atoms with Gasteiger partial charge in [-0.3, -0.25) is 4.79 Å². The average molecular weight is 214 g/mol. The van der Waals surface area contributed by atoms with Crippen LogP contribution in [0.25, 0.3) is 0 Å². The Morgan fingerprint density at radius 1 is 1.47 bits per heavy atom. The van der Waals surface area contributed by atoms with Crippen LogP contribution < -0.4 is 0 Å². The van der Waals surface area contributed by atoms with Gasteiger partial charge in [0.1, 0.15) is 6.10 Å². The fraction of sp³-hybridized carbons (Fsp3) is 0.909. The van der Waals surface area contributed by atoms with Crippen molar-refractivity contribution in [1.82, 2.24) is 0 Å². The molecule has 0 radical (unpaired) electrons. The van der Waals surface area contributed by atoms with Crippen molar-refractivity contribution in [3.05, 3.63) is 0 Å². The lowest BCUT2D eigenvalue weighted by atomic mass is 9.85. The maximum absolute atomic E-state index is 11.7. The van der Waals surface area contributed by atoms with E-state index >= 15 is 0 Å². The Morgan fingerprint density at radius 3 is 2.73 bits per heavy atom. The van der Waals surface area contributed by atoms with Crippen LogP contribution in [0.1, 0.15) is 27.2 Å². The second-order valence-corrected chi connectivity index (χ2v) is 4.73. The molecule has 2 heterocycles. The minimum absolute atomic E-state index is 0.0637. The number of hydrogen-bond donors (Lipinski definition) is 0. The average Bonchev–Trinajstić information content (AvgIpc) is 2.55. The van der Waals surface area contributed by atoms with E-state index in [0.29, 0.717) is 6.42 Å². The predicted molar refractivity (Wildman–Crippen MR) is 53.1 cm³/mol. The van der Waals surface area contributed by atoms with E-state index in [2.05, 4.69) is 6.92 Å². The molecule has 2 rings (SSSR count). The van der Waals surface area contributed by atoms with Gasteiger partial charge in [0.15, 0.2) is 5.79 Å². The van der Waals surface area contributed by atoms with Crippen molar-refractivity contribution >= 4 is 5.97 Å². The molecule has 0 unspecified atom stereocenters. The zero-order valence-electron chi connectivity index (χ0n) is 9.65. The Kier molecular flexibility index (Phi) is 2.51. The lowest BCUT2D eigenvalue weighted by molar-refractivity contribution is -0.217. The first-order chi connectivity index (χ1) is 6.97. The molecule has 0 aromatic rings. The summed E-state index contributed by atoms with van der Waals surface area (Å²) >= 11 is 0. The number of esters is 1. The van der Waals surface area contributed by atoms with E-state index in [1.807, 2.05) is 13.8 Å². The van der Waals surface area contributed by atoms with Crippen molar-refractivity contribution in [3.63, 3.8) is 0 Å². The lowest BCUT2D eigenvalue weighted by Crippen LogP contribution is -2.44. The van der Waals surface area contributed by atoms with E-state index in [1.165, 1.54) is 0 Å². The second-order valence-electron chi connectivity index (χ2n) is 4.73. The van der Waals surface area contributed by atoms with Crippen molar-refractivity contribution < 1.29 is 19.0 Å². The van der Waals surface area contributed by atoms with Crippen molar-refractivity contribution in [2.75, 3.05) is 7.11 Å². The van der Waals surface area contributed by atoms with Gasteiger partial charge in [-0.15, -0.1) is 0 Å². The van der Waals surface area contributed by atoms with Crippen molar-refractivity contribution in [2.24, 2.45) is 11.8 Å². The number of fused-ring (bicyclic) bond motifs is 1. The van der Waals surface area contributed by atoms with Crippen LogP contribution in [0.3, 0.4) is 0 Å². The largest absolute Gasteiger partial charge is 0.462 e. The summed E-state index contributed by atoms with van der Waals surface area (Å²) in [5.74, 6) is -0.718. The van der Waals surface area contributed by atoms with Gasteiger partial charge in [0, 0.05) is 19.4 Å². The highest BCUT2D eigenvalue weighted by molar-refractivity contribution is 5.74. The maximum atomic E-state index is 11.7. The van der Waals surface area contributed by atoms with Crippen LogP contribution in [0.2, 0.25) is 0 Å². The fourth-order valence-corrected chi connectivity index (χ4v) is 2.40. The summed E-state index contributed by atoms with van der Waals surface area (Å²) in [6, 6.07) is 0. The van der Waals surface area contributed by atoms with Crippen LogP contribution in [0.4, 0.5) is 0 Å². The third-order valence-electron chi connectivity index (χ3n) is 3.67. The minimum Gasteiger partial charge on any atom is -0.462 e. The Morgan fingerprint density at radius 2 is 2.13 bits per heavy atom. The molecule has 0 bridgehead atoms. The number of carbonyl (C=O) groups excluding carboxylic acids is 1. The summed E-state index contributed by atoms with van der Waals surface area (Å²) < 4.78 is 16.4. The SMILES string of the molecule is CO[C@@]1(C)C[C@H]2C(=O)O[C@@H](C)[C@H](C)[C@H]2O1. The number of hydrogen-bond acceptors (Lipinski definition) is 4. The molecule has 0 aliphatic carbocycles. The molecule has 2 aliphatic rings. The van der Waals surface area contributed by atoms with Gasteiger partial charge in [-0.05, 0) is 13.8 Å². The van der Waals surface area contributed by atoms with Crippen molar-refractivity contribution in [3.8, 4) is 0 Å². The van der Waals surface area contributed by atoms with E-state index in [-0.39, 0.29) is 30.0 Å². The number of carbonyl (C=O) groups is 1. The molecule has 15 heavy (non-hydrogen) atoms. The van der Waals surface area contributed by atoms with E-state index in [0.717, 1.165) is 0 Å². The molecule has 0 aromatic heterocycles. The summed E-state index contributed by atoms with van der Waals surface area (Å²) in [4.78, 5) is 11.7. The summed E-state index contributed by atoms with van der Waals surface area (Å²) in [7, 11) is 1.61. The quantitative estimate of drug-likeness (QED) is 0.618. The zero-order valence-corrected chi connectivity index (χ0v) is 9.65. The molecule has 4 nitrogen and oxygen atoms in total. The van der Waals surface area contributed by atoms with E-state index in [1.54, 1.807) is 7.11 Å². The molecule has 0 amide bonds. The first kappa shape index (κ1) is 10.9. The van der Waals surface area contributed by atoms with Crippen LogP contribution >= 0.6 is 0 Å². The van der Waals surface area contributed by atoms with Crippen LogP contribution in [0.5, 0.6) is 0 Å². The van der Waals surface area contributed by atoms with Gasteiger partial charge in [-0.1, -0.05) is 6.92 Å². The lowest BCUT2D eigenvalue weighted by Gasteiger charge is -2.34. The van der Waals surface area contributed by atoms with E-state index in [9.17, 15) is 4.79 Å². The third kappa shape index (κ3) is 1.66. The molecule has 86 valence electrons. The van der Waals surface area contributed by atoms with Crippen LogP contribution in [-0.2, 0) is 19.0 Å². The number of rotatable bonds is 1. The van der Waals surface area contributed by atoms with E-state index < -0.39 is 5.79 Å². The van der Waals surface area contributed by atoms with E-state index in [4.69, 9.17) is 14.2 Å². The Hall–Kier alpha value is -0.610. The molecule has 0 spiro atoms. The fourth-order valence-electron chi connectivity index (χ4n) is 2.40. The second kappa shape index (κ2) is 3.46. The molecule has 4 heteroatoms. The minimum atomic E-state index is -0.632. The van der Waals surface area contributed by atoms with Gasteiger partial charge in [0.2, 0.25) is 0 Å². The molecular weight excluding hydrogens is 196 g/mol. The Bertz CT molecular complexity index is 278. The molecule has 2 fully saturated rings. The molecular formula is C11H18O4. The molecule has 0 aromatic carbocycles. The van der Waals surface area contributed by atoms with Crippen molar-refractivity contribution in [1.29, 1.82) is 0 Å². The zero-order chi connectivity index (χ0) is 11.2. The summed E-state index contributed by atoms with van der Waals surface area (Å²) in [5.41, 5.74) is 0. The Balaban J connectivity index is 2.20. The van der Waals surface area contributed by atoms with Crippen LogP contribution in [0.15, 0.2) is 0 Å². The predicted octanol–water partition coefficient (Wildman–Crippen LogP) is 1.34. The summed E-state index contributed by atoms with van der Waals surface area (Å²) in [5, 5.41) is 0. The normalized spacial score (nSPS) is 50.0. The topological polar surface area (TPSA) is 44.8 Å². The highest BCUT2D eigenvalue weighted by atomic mass is 16.7.